The minimum absolute atomic E-state index is 0.0388. The molecule has 7 heteroatoms. The summed E-state index contributed by atoms with van der Waals surface area (Å²) in [6, 6.07) is 12.7. The molecule has 0 aliphatic carbocycles. The van der Waals surface area contributed by atoms with Gasteiger partial charge in [-0.25, -0.2) is 9.37 Å². The summed E-state index contributed by atoms with van der Waals surface area (Å²) in [5.74, 6) is -1.04. The number of nitrogens with one attached hydrogen (secondary N) is 1. The van der Waals surface area contributed by atoms with Crippen molar-refractivity contribution in [2.75, 3.05) is 13.2 Å². The fourth-order valence-electron chi connectivity index (χ4n) is 3.40. The Hall–Kier alpha value is -3.06. The van der Waals surface area contributed by atoms with Gasteiger partial charge in [0, 0.05) is 18.7 Å². The molecule has 6 nitrogen and oxygen atoms in total. The molecular formula is C21H20FN3O3. The Morgan fingerprint density at radius 3 is 2.86 bits per heavy atom. The van der Waals surface area contributed by atoms with Crippen molar-refractivity contribution in [2.24, 2.45) is 0 Å². The van der Waals surface area contributed by atoms with Gasteiger partial charge in [-0.15, -0.1) is 0 Å². The molecule has 1 saturated heterocycles. The molecular weight excluding hydrogens is 361 g/mol. The molecule has 1 aliphatic rings. The Labute approximate surface area is 161 Å². The van der Waals surface area contributed by atoms with E-state index >= 15 is 0 Å². The average Bonchev–Trinajstić information content (AvgIpc) is 3.34. The highest BCUT2D eigenvalue weighted by molar-refractivity contribution is 6.08. The predicted octanol–water partition coefficient (Wildman–Crippen LogP) is 2.70. The number of aromatic nitrogens is 2. The van der Waals surface area contributed by atoms with Crippen molar-refractivity contribution in [3.05, 3.63) is 65.7 Å². The van der Waals surface area contributed by atoms with Crippen molar-refractivity contribution in [3.8, 4) is 0 Å². The lowest BCUT2D eigenvalue weighted by molar-refractivity contribution is -0.122. The number of hydrogen-bond acceptors (Lipinski definition) is 4. The van der Waals surface area contributed by atoms with Crippen LogP contribution in [0.1, 0.15) is 29.0 Å². The van der Waals surface area contributed by atoms with Gasteiger partial charge in [0.25, 0.3) is 0 Å². The maximum atomic E-state index is 13.6. The van der Waals surface area contributed by atoms with Crippen molar-refractivity contribution in [2.45, 2.75) is 25.5 Å². The second-order valence-corrected chi connectivity index (χ2v) is 6.79. The van der Waals surface area contributed by atoms with E-state index in [-0.39, 0.29) is 29.9 Å². The molecule has 1 aliphatic heterocycles. The summed E-state index contributed by atoms with van der Waals surface area (Å²) in [6.45, 7) is 1.11. The number of halogens is 1. The standard InChI is InChI=1S/C21H20FN3O3/c22-15-6-3-5-14(11-15)20(27)21-24-17-8-1-2-9-18(17)25(21)13-19(26)23-12-16-7-4-10-28-16/h1-3,5-6,8-9,11,16H,4,7,10,12-13H2,(H,23,26)/t16-/m1/s1. The first-order chi connectivity index (χ1) is 13.6. The van der Waals surface area contributed by atoms with Gasteiger partial charge >= 0.3 is 0 Å². The summed E-state index contributed by atoms with van der Waals surface area (Å²) in [6.07, 6.45) is 1.97. The summed E-state index contributed by atoms with van der Waals surface area (Å²) in [5.41, 5.74) is 1.47. The quantitative estimate of drug-likeness (QED) is 0.667. The highest BCUT2D eigenvalue weighted by Gasteiger charge is 2.22. The van der Waals surface area contributed by atoms with E-state index in [1.807, 2.05) is 12.1 Å². The van der Waals surface area contributed by atoms with Crippen molar-refractivity contribution < 1.29 is 18.7 Å². The van der Waals surface area contributed by atoms with Crippen LogP contribution in [0, 0.1) is 5.82 Å². The third kappa shape index (κ3) is 3.80. The third-order valence-corrected chi connectivity index (χ3v) is 4.80. The van der Waals surface area contributed by atoms with E-state index in [1.165, 1.54) is 24.3 Å². The Kier molecular flexibility index (Phi) is 5.16. The van der Waals surface area contributed by atoms with E-state index in [4.69, 9.17) is 4.74 Å². The molecule has 0 radical (unpaired) electrons. The molecule has 1 fully saturated rings. The highest BCUT2D eigenvalue weighted by atomic mass is 19.1. The Morgan fingerprint density at radius 1 is 1.21 bits per heavy atom. The zero-order valence-corrected chi connectivity index (χ0v) is 15.2. The first-order valence-corrected chi connectivity index (χ1v) is 9.25. The number of ether oxygens (including phenoxy) is 1. The van der Waals surface area contributed by atoms with Crippen LogP contribution in [0.5, 0.6) is 0 Å². The van der Waals surface area contributed by atoms with Gasteiger partial charge in [0.15, 0.2) is 5.82 Å². The van der Waals surface area contributed by atoms with E-state index in [9.17, 15) is 14.0 Å². The molecule has 1 amide bonds. The number of benzene rings is 2. The fourth-order valence-corrected chi connectivity index (χ4v) is 3.40. The first-order valence-electron chi connectivity index (χ1n) is 9.25. The summed E-state index contributed by atoms with van der Waals surface area (Å²) >= 11 is 0. The van der Waals surface area contributed by atoms with Crippen molar-refractivity contribution >= 4 is 22.7 Å². The van der Waals surface area contributed by atoms with Gasteiger partial charge in [-0.05, 0) is 37.1 Å². The normalized spacial score (nSPS) is 16.4. The maximum Gasteiger partial charge on any atom is 0.240 e. The molecule has 3 aromatic rings. The van der Waals surface area contributed by atoms with Crippen LogP contribution in [0.2, 0.25) is 0 Å². The molecule has 0 saturated carbocycles. The molecule has 2 heterocycles. The molecule has 1 N–H and O–H groups in total. The fraction of sp³-hybridized carbons (Fsp3) is 0.286. The van der Waals surface area contributed by atoms with E-state index in [1.54, 1.807) is 16.7 Å². The first kappa shape index (κ1) is 18.3. The largest absolute Gasteiger partial charge is 0.376 e. The number of carbonyl (C=O) groups is 2. The van der Waals surface area contributed by atoms with E-state index in [0.29, 0.717) is 17.6 Å². The van der Waals surface area contributed by atoms with Crippen LogP contribution in [0.4, 0.5) is 4.39 Å². The zero-order valence-electron chi connectivity index (χ0n) is 15.2. The number of rotatable bonds is 6. The summed E-state index contributed by atoms with van der Waals surface area (Å²) in [4.78, 5) is 29.8. The van der Waals surface area contributed by atoms with Gasteiger partial charge in [0.05, 0.1) is 17.1 Å². The summed E-state index contributed by atoms with van der Waals surface area (Å²) in [5, 5.41) is 2.86. The van der Waals surface area contributed by atoms with Gasteiger partial charge in [-0.1, -0.05) is 24.3 Å². The van der Waals surface area contributed by atoms with Crippen LogP contribution in [0.25, 0.3) is 11.0 Å². The lowest BCUT2D eigenvalue weighted by Gasteiger charge is -2.12. The number of ketones is 1. The maximum absolute atomic E-state index is 13.6. The number of amides is 1. The Balaban J connectivity index is 1.61. The van der Waals surface area contributed by atoms with Crippen molar-refractivity contribution in [3.63, 3.8) is 0 Å². The van der Waals surface area contributed by atoms with Gasteiger partial charge in [-0.2, -0.15) is 0 Å². The predicted molar refractivity (Wildman–Crippen MR) is 102 cm³/mol. The average molecular weight is 381 g/mol. The van der Waals surface area contributed by atoms with Crippen LogP contribution < -0.4 is 5.32 Å². The molecule has 28 heavy (non-hydrogen) atoms. The topological polar surface area (TPSA) is 73.2 Å². The minimum Gasteiger partial charge on any atom is -0.376 e. The number of para-hydroxylation sites is 2. The number of imidazole rings is 1. The zero-order chi connectivity index (χ0) is 19.5. The van der Waals surface area contributed by atoms with Crippen LogP contribution in [-0.4, -0.2) is 40.5 Å². The van der Waals surface area contributed by atoms with Crippen LogP contribution >= 0.6 is 0 Å². The van der Waals surface area contributed by atoms with Crippen LogP contribution in [-0.2, 0) is 16.1 Å². The molecule has 4 rings (SSSR count). The van der Waals surface area contributed by atoms with Gasteiger partial charge in [0.1, 0.15) is 12.4 Å². The second-order valence-electron chi connectivity index (χ2n) is 6.79. The SMILES string of the molecule is O=C(Cn1c(C(=O)c2cccc(F)c2)nc2ccccc21)NC[C@H]1CCCO1. The molecule has 1 aromatic heterocycles. The third-order valence-electron chi connectivity index (χ3n) is 4.80. The number of fused-ring (bicyclic) bond motifs is 1. The van der Waals surface area contributed by atoms with Gasteiger partial charge < -0.3 is 14.6 Å². The van der Waals surface area contributed by atoms with Gasteiger partial charge in [0.2, 0.25) is 11.7 Å². The van der Waals surface area contributed by atoms with E-state index < -0.39 is 11.6 Å². The molecule has 1 atom stereocenters. The molecule has 0 spiro atoms. The molecule has 2 aromatic carbocycles. The summed E-state index contributed by atoms with van der Waals surface area (Å²) in [7, 11) is 0. The minimum atomic E-state index is -0.497. The highest BCUT2D eigenvalue weighted by Crippen LogP contribution is 2.19. The van der Waals surface area contributed by atoms with Gasteiger partial charge in [-0.3, -0.25) is 9.59 Å². The summed E-state index contributed by atoms with van der Waals surface area (Å²) < 4.78 is 20.6. The number of carbonyl (C=O) groups excluding carboxylic acids is 2. The van der Waals surface area contributed by atoms with E-state index in [2.05, 4.69) is 10.3 Å². The number of hydrogen-bond donors (Lipinski definition) is 1. The Bertz CT molecular complexity index is 1020. The van der Waals surface area contributed by atoms with E-state index in [0.717, 1.165) is 19.4 Å². The van der Waals surface area contributed by atoms with Crippen LogP contribution in [0.15, 0.2) is 48.5 Å². The van der Waals surface area contributed by atoms with Crippen molar-refractivity contribution in [1.29, 1.82) is 0 Å². The molecule has 0 bridgehead atoms. The second kappa shape index (κ2) is 7.90. The lowest BCUT2D eigenvalue weighted by Crippen LogP contribution is -2.34. The smallest absolute Gasteiger partial charge is 0.240 e. The number of nitrogens with zero attached hydrogens (tertiary/aromatic N) is 2. The molecule has 144 valence electrons. The molecule has 0 unspecified atom stereocenters. The lowest BCUT2D eigenvalue weighted by atomic mass is 10.1. The monoisotopic (exact) mass is 381 g/mol. The Morgan fingerprint density at radius 2 is 2.07 bits per heavy atom. The van der Waals surface area contributed by atoms with Crippen molar-refractivity contribution in [1.82, 2.24) is 14.9 Å². The van der Waals surface area contributed by atoms with Crippen LogP contribution in [0.3, 0.4) is 0 Å².